The number of hydrogen-bond acceptors (Lipinski definition) is 2. The second-order valence-electron chi connectivity index (χ2n) is 14.2. The maximum atomic E-state index is 4.94. The first-order valence-corrected chi connectivity index (χ1v) is 18.1. The average molecular weight is 537 g/mol. The van der Waals surface area contributed by atoms with E-state index in [1.807, 2.05) is 0 Å². The van der Waals surface area contributed by atoms with Crippen LogP contribution in [-0.4, -0.2) is 9.97 Å². The summed E-state index contributed by atoms with van der Waals surface area (Å²) in [6, 6.07) is 0. The van der Waals surface area contributed by atoms with Crippen molar-refractivity contribution in [1.82, 2.24) is 9.97 Å². The van der Waals surface area contributed by atoms with Gasteiger partial charge < -0.3 is 0 Å². The molecule has 0 aromatic carbocycles. The molecule has 3 aliphatic rings. The van der Waals surface area contributed by atoms with Gasteiger partial charge in [-0.25, -0.2) is 9.97 Å². The Kier molecular flexibility index (Phi) is 14.2. The van der Waals surface area contributed by atoms with Crippen LogP contribution in [0.25, 0.3) is 0 Å². The molecule has 0 atom stereocenters. The number of unbranched alkanes of at least 4 members (excludes halogenated alkanes) is 9. The smallest absolute Gasteiger partial charge is 0.131 e. The molecule has 0 aliphatic heterocycles. The van der Waals surface area contributed by atoms with Crippen molar-refractivity contribution in [3.05, 3.63) is 23.8 Å². The van der Waals surface area contributed by atoms with E-state index in [2.05, 4.69) is 26.2 Å². The summed E-state index contributed by atoms with van der Waals surface area (Å²) in [6.45, 7) is 4.63. The minimum Gasteiger partial charge on any atom is -0.241 e. The van der Waals surface area contributed by atoms with Gasteiger partial charge in [-0.15, -0.1) is 0 Å². The summed E-state index contributed by atoms with van der Waals surface area (Å²) in [5.74, 6) is 6.50. The third kappa shape index (κ3) is 10.5. The maximum absolute atomic E-state index is 4.94. The van der Waals surface area contributed by atoms with Crippen LogP contribution in [0.5, 0.6) is 0 Å². The molecule has 0 unspecified atom stereocenters. The second-order valence-corrected chi connectivity index (χ2v) is 14.2. The number of aromatic nitrogens is 2. The van der Waals surface area contributed by atoms with Crippen molar-refractivity contribution >= 4 is 0 Å². The highest BCUT2D eigenvalue weighted by atomic mass is 14.9. The summed E-state index contributed by atoms with van der Waals surface area (Å²) < 4.78 is 0. The Balaban J connectivity index is 1.08. The lowest BCUT2D eigenvalue weighted by Crippen LogP contribution is -2.25. The van der Waals surface area contributed by atoms with E-state index in [4.69, 9.17) is 9.97 Å². The molecular weight excluding hydrogens is 472 g/mol. The third-order valence-corrected chi connectivity index (χ3v) is 11.4. The van der Waals surface area contributed by atoms with Crippen LogP contribution in [0.4, 0.5) is 0 Å². The number of nitrogens with zero attached hydrogens (tertiary/aromatic N) is 2. The summed E-state index contributed by atoms with van der Waals surface area (Å²) >= 11 is 0. The Hall–Kier alpha value is -0.920. The molecule has 0 radical (unpaired) electrons. The molecule has 4 rings (SSSR count). The summed E-state index contributed by atoms with van der Waals surface area (Å²) in [6.07, 6.45) is 40.4. The van der Waals surface area contributed by atoms with Crippen LogP contribution in [0.2, 0.25) is 0 Å². The van der Waals surface area contributed by atoms with Crippen LogP contribution in [0, 0.1) is 23.7 Å². The van der Waals surface area contributed by atoms with Crippen LogP contribution < -0.4 is 0 Å². The molecular formula is C37H64N2. The summed E-state index contributed by atoms with van der Waals surface area (Å²) in [7, 11) is 0. The molecule has 0 spiro atoms. The van der Waals surface area contributed by atoms with E-state index in [-0.39, 0.29) is 0 Å². The molecule has 3 aliphatic carbocycles. The molecule has 3 fully saturated rings. The van der Waals surface area contributed by atoms with Crippen LogP contribution in [0.15, 0.2) is 12.4 Å². The molecule has 0 saturated heterocycles. The lowest BCUT2D eigenvalue weighted by atomic mass is 9.68. The molecule has 0 amide bonds. The fourth-order valence-electron chi connectivity index (χ4n) is 8.60. The van der Waals surface area contributed by atoms with Gasteiger partial charge in [0, 0.05) is 18.3 Å². The van der Waals surface area contributed by atoms with Crippen LogP contribution >= 0.6 is 0 Å². The third-order valence-electron chi connectivity index (χ3n) is 11.4. The van der Waals surface area contributed by atoms with Gasteiger partial charge >= 0.3 is 0 Å². The van der Waals surface area contributed by atoms with Gasteiger partial charge in [0.1, 0.15) is 5.82 Å². The zero-order chi connectivity index (χ0) is 27.1. The van der Waals surface area contributed by atoms with Gasteiger partial charge in [-0.05, 0) is 99.4 Å². The van der Waals surface area contributed by atoms with Gasteiger partial charge in [0.15, 0.2) is 0 Å². The highest BCUT2D eigenvalue weighted by molar-refractivity contribution is 5.14. The molecule has 39 heavy (non-hydrogen) atoms. The average Bonchev–Trinajstić information content (AvgIpc) is 3.00. The van der Waals surface area contributed by atoms with Crippen molar-refractivity contribution in [2.75, 3.05) is 0 Å². The maximum Gasteiger partial charge on any atom is 0.131 e. The predicted molar refractivity (Wildman–Crippen MR) is 168 cm³/mol. The van der Waals surface area contributed by atoms with Crippen molar-refractivity contribution in [1.29, 1.82) is 0 Å². The van der Waals surface area contributed by atoms with Crippen LogP contribution in [-0.2, 0) is 0 Å². The quantitative estimate of drug-likeness (QED) is 0.196. The first kappa shape index (κ1) is 31.0. The summed E-state index contributed by atoms with van der Waals surface area (Å²) in [5.41, 5.74) is 1.43. The highest BCUT2D eigenvalue weighted by Gasteiger charge is 2.31. The van der Waals surface area contributed by atoms with E-state index in [0.717, 1.165) is 29.5 Å². The van der Waals surface area contributed by atoms with E-state index in [0.29, 0.717) is 11.8 Å². The normalized spacial score (nSPS) is 29.9. The minimum absolute atomic E-state index is 0.614. The van der Waals surface area contributed by atoms with Crippen molar-refractivity contribution in [2.24, 2.45) is 23.7 Å². The molecule has 3 saturated carbocycles. The first-order valence-electron chi connectivity index (χ1n) is 18.1. The first-order chi connectivity index (χ1) is 19.3. The number of hydrogen-bond donors (Lipinski definition) is 0. The summed E-state index contributed by atoms with van der Waals surface area (Å²) in [4.78, 5) is 9.87. The monoisotopic (exact) mass is 537 g/mol. The van der Waals surface area contributed by atoms with Crippen molar-refractivity contribution in [2.45, 2.75) is 186 Å². The Morgan fingerprint density at radius 2 is 0.897 bits per heavy atom. The largest absolute Gasteiger partial charge is 0.241 e. The van der Waals surface area contributed by atoms with Gasteiger partial charge in [-0.3, -0.25) is 0 Å². The fraction of sp³-hybridized carbons (Fsp3) is 0.892. The zero-order valence-electron chi connectivity index (χ0n) is 26.2. The lowest BCUT2D eigenvalue weighted by Gasteiger charge is -2.38. The van der Waals surface area contributed by atoms with E-state index in [1.54, 1.807) is 0 Å². The predicted octanol–water partition coefficient (Wildman–Crippen LogP) is 11.9. The van der Waals surface area contributed by atoms with E-state index >= 15 is 0 Å². The Labute approximate surface area is 243 Å². The van der Waals surface area contributed by atoms with Gasteiger partial charge in [0.2, 0.25) is 0 Å². The molecule has 1 aromatic rings. The van der Waals surface area contributed by atoms with E-state index < -0.39 is 0 Å². The van der Waals surface area contributed by atoms with Gasteiger partial charge in [-0.2, -0.15) is 0 Å². The highest BCUT2D eigenvalue weighted by Crippen LogP contribution is 2.44. The van der Waals surface area contributed by atoms with E-state index in [9.17, 15) is 0 Å². The van der Waals surface area contributed by atoms with E-state index in [1.165, 1.54) is 166 Å². The second kappa shape index (κ2) is 17.8. The Morgan fingerprint density at radius 1 is 0.487 bits per heavy atom. The van der Waals surface area contributed by atoms with Gasteiger partial charge in [0.05, 0.1) is 0 Å². The molecule has 1 heterocycles. The zero-order valence-corrected chi connectivity index (χ0v) is 26.2. The fourth-order valence-corrected chi connectivity index (χ4v) is 8.60. The van der Waals surface area contributed by atoms with Crippen LogP contribution in [0.3, 0.4) is 0 Å². The summed E-state index contributed by atoms with van der Waals surface area (Å²) in [5, 5.41) is 0. The Bertz CT molecular complexity index is 733. The van der Waals surface area contributed by atoms with Gasteiger partial charge in [-0.1, -0.05) is 110 Å². The molecule has 2 nitrogen and oxygen atoms in total. The molecule has 0 bridgehead atoms. The minimum atomic E-state index is 0.614. The van der Waals surface area contributed by atoms with Crippen molar-refractivity contribution < 1.29 is 0 Å². The molecule has 1 aromatic heterocycles. The number of rotatable bonds is 16. The molecule has 2 heteroatoms. The van der Waals surface area contributed by atoms with Gasteiger partial charge in [0.25, 0.3) is 0 Å². The van der Waals surface area contributed by atoms with Crippen molar-refractivity contribution in [3.8, 4) is 0 Å². The van der Waals surface area contributed by atoms with Crippen LogP contribution in [0.1, 0.15) is 198 Å². The molecule has 0 N–H and O–H groups in total. The van der Waals surface area contributed by atoms with Crippen molar-refractivity contribution in [3.63, 3.8) is 0 Å². The molecule has 222 valence electrons. The topological polar surface area (TPSA) is 25.8 Å². The Morgan fingerprint density at radius 3 is 1.46 bits per heavy atom. The SMILES string of the molecule is CCCCCCCCCC[C@H]1CC[C@H]([C@H]2CC[C@H](c3cnc([C@H]4CC[C@H](CCCCC)CC4)nc3)CC2)CC1. The lowest BCUT2D eigenvalue weighted by molar-refractivity contribution is 0.155. The standard InChI is InChI=1S/C37H64N2/c1-3-5-7-8-9-10-11-13-15-31-16-20-32(21-17-31)33-24-26-34(27-25-33)36-28-38-37(39-29-36)35-22-18-30(19-23-35)14-12-6-4-2/h28-35H,3-27H2,1-2H3/t30-,31-,32-,33-,34-,35-.